The Morgan fingerprint density at radius 2 is 1.70 bits per heavy atom. The van der Waals surface area contributed by atoms with Crippen molar-refractivity contribution in [3.63, 3.8) is 0 Å². The second-order valence-electron chi connectivity index (χ2n) is 7.27. The van der Waals surface area contributed by atoms with Crippen molar-refractivity contribution in [2.45, 2.75) is 18.9 Å². The molecule has 3 aliphatic heterocycles. The second kappa shape index (κ2) is 6.57. The molecule has 0 aliphatic carbocycles. The fourth-order valence-electron chi connectivity index (χ4n) is 4.21. The summed E-state index contributed by atoms with van der Waals surface area (Å²) in [6.07, 6.45) is 9.02. The number of fused-ring (bicyclic) bond motifs is 5. The molecule has 2 unspecified atom stereocenters. The van der Waals surface area contributed by atoms with Gasteiger partial charge >= 0.3 is 0 Å². The molecule has 2 atom stereocenters. The van der Waals surface area contributed by atoms with Crippen LogP contribution in [0.1, 0.15) is 23.2 Å². The van der Waals surface area contributed by atoms with Crippen LogP contribution in [0.3, 0.4) is 0 Å². The molecule has 0 radical (unpaired) electrons. The Kier molecular flexibility index (Phi) is 3.92. The van der Waals surface area contributed by atoms with E-state index in [1.165, 1.54) is 0 Å². The van der Waals surface area contributed by atoms with Gasteiger partial charge in [0.2, 0.25) is 5.95 Å². The third kappa shape index (κ3) is 2.99. The van der Waals surface area contributed by atoms with Crippen LogP contribution in [-0.4, -0.2) is 56.4 Å². The normalized spacial score (nSPS) is 22.1. The molecule has 7 heteroatoms. The predicted octanol–water partition coefficient (Wildman–Crippen LogP) is 2.16. The lowest BCUT2D eigenvalue weighted by Gasteiger charge is -2.36. The van der Waals surface area contributed by atoms with Crippen molar-refractivity contribution in [1.29, 1.82) is 0 Å². The van der Waals surface area contributed by atoms with Crippen LogP contribution in [0.4, 0.5) is 5.95 Å². The average molecular weight is 360 g/mol. The van der Waals surface area contributed by atoms with E-state index in [0.29, 0.717) is 11.5 Å². The van der Waals surface area contributed by atoms with Crippen molar-refractivity contribution >= 4 is 22.9 Å². The highest BCUT2D eigenvalue weighted by Crippen LogP contribution is 2.30. The van der Waals surface area contributed by atoms with Crippen LogP contribution in [0.15, 0.2) is 49.1 Å². The SMILES string of the molecule is O=C(c1ccc2nccnc2c1)N1CC2CCC1CN(c1ncccn1)C2. The molecule has 3 aliphatic rings. The molecule has 27 heavy (non-hydrogen) atoms. The van der Waals surface area contributed by atoms with Gasteiger partial charge in [0.05, 0.1) is 11.0 Å². The molecule has 0 spiro atoms. The Morgan fingerprint density at radius 1 is 0.889 bits per heavy atom. The van der Waals surface area contributed by atoms with Crippen molar-refractivity contribution in [2.75, 3.05) is 24.5 Å². The predicted molar refractivity (Wildman–Crippen MR) is 101 cm³/mol. The number of hydrogen-bond donors (Lipinski definition) is 0. The maximum Gasteiger partial charge on any atom is 0.254 e. The number of benzene rings is 1. The first-order chi connectivity index (χ1) is 13.3. The summed E-state index contributed by atoms with van der Waals surface area (Å²) in [5, 5.41) is 0. The molecular weight excluding hydrogens is 340 g/mol. The molecule has 2 bridgehead atoms. The number of hydrogen-bond acceptors (Lipinski definition) is 6. The van der Waals surface area contributed by atoms with E-state index in [2.05, 4.69) is 24.8 Å². The first-order valence-corrected chi connectivity index (χ1v) is 9.31. The van der Waals surface area contributed by atoms with Gasteiger partial charge in [-0.3, -0.25) is 14.8 Å². The molecule has 3 aromatic rings. The fourth-order valence-corrected chi connectivity index (χ4v) is 4.21. The number of amides is 1. The first-order valence-electron chi connectivity index (χ1n) is 9.31. The number of rotatable bonds is 2. The summed E-state index contributed by atoms with van der Waals surface area (Å²) in [6, 6.07) is 7.58. The van der Waals surface area contributed by atoms with Crippen molar-refractivity contribution in [3.8, 4) is 0 Å². The van der Waals surface area contributed by atoms with Crippen molar-refractivity contribution in [1.82, 2.24) is 24.8 Å². The van der Waals surface area contributed by atoms with Crippen LogP contribution in [0.5, 0.6) is 0 Å². The highest BCUT2D eigenvalue weighted by molar-refractivity contribution is 5.97. The number of carbonyl (C=O) groups is 1. The molecule has 7 nitrogen and oxygen atoms in total. The Hall–Kier alpha value is -3.09. The zero-order valence-electron chi connectivity index (χ0n) is 14.9. The lowest BCUT2D eigenvalue weighted by atomic mass is 9.94. The molecule has 5 heterocycles. The lowest BCUT2D eigenvalue weighted by Crippen LogP contribution is -2.47. The van der Waals surface area contributed by atoms with Crippen LogP contribution in [0, 0.1) is 5.92 Å². The summed E-state index contributed by atoms with van der Waals surface area (Å²) < 4.78 is 0. The van der Waals surface area contributed by atoms with Gasteiger partial charge in [0.15, 0.2) is 0 Å². The van der Waals surface area contributed by atoms with Crippen LogP contribution >= 0.6 is 0 Å². The number of carbonyl (C=O) groups excluding carboxylic acids is 1. The minimum absolute atomic E-state index is 0.0769. The Labute approximate surface area is 157 Å². The van der Waals surface area contributed by atoms with Gasteiger partial charge in [-0.2, -0.15) is 0 Å². The molecular formula is C20H20N6O. The van der Waals surface area contributed by atoms with Crippen LogP contribution in [0.25, 0.3) is 11.0 Å². The largest absolute Gasteiger partial charge is 0.338 e. The Morgan fingerprint density at radius 3 is 2.56 bits per heavy atom. The number of anilines is 1. The number of piperidine rings is 1. The zero-order valence-corrected chi connectivity index (χ0v) is 14.9. The highest BCUT2D eigenvalue weighted by atomic mass is 16.2. The second-order valence-corrected chi connectivity index (χ2v) is 7.27. The van der Waals surface area contributed by atoms with Crippen molar-refractivity contribution in [2.24, 2.45) is 5.92 Å². The smallest absolute Gasteiger partial charge is 0.254 e. The van der Waals surface area contributed by atoms with Gasteiger partial charge in [0, 0.05) is 56.0 Å². The molecule has 6 rings (SSSR count). The first kappa shape index (κ1) is 16.1. The van der Waals surface area contributed by atoms with Gasteiger partial charge in [0.1, 0.15) is 0 Å². The van der Waals surface area contributed by atoms with E-state index >= 15 is 0 Å². The minimum atomic E-state index is 0.0769. The molecule has 3 fully saturated rings. The molecule has 1 aromatic carbocycles. The summed E-state index contributed by atoms with van der Waals surface area (Å²) in [4.78, 5) is 34.9. The van der Waals surface area contributed by atoms with Crippen molar-refractivity contribution in [3.05, 3.63) is 54.6 Å². The van der Waals surface area contributed by atoms with E-state index in [-0.39, 0.29) is 11.9 Å². The number of nitrogens with zero attached hydrogens (tertiary/aromatic N) is 6. The third-order valence-corrected chi connectivity index (χ3v) is 5.53. The van der Waals surface area contributed by atoms with Gasteiger partial charge in [-0.05, 0) is 43.0 Å². The highest BCUT2D eigenvalue weighted by Gasteiger charge is 2.38. The molecule has 0 N–H and O–H groups in total. The van der Waals surface area contributed by atoms with E-state index < -0.39 is 0 Å². The van der Waals surface area contributed by atoms with Crippen LogP contribution in [-0.2, 0) is 0 Å². The quantitative estimate of drug-likeness (QED) is 0.697. The summed E-state index contributed by atoms with van der Waals surface area (Å²) >= 11 is 0. The Bertz CT molecular complexity index is 978. The fraction of sp³-hybridized carbons (Fsp3) is 0.350. The summed E-state index contributed by atoms with van der Waals surface area (Å²) in [6.45, 7) is 2.46. The van der Waals surface area contributed by atoms with Gasteiger partial charge in [-0.1, -0.05) is 0 Å². The minimum Gasteiger partial charge on any atom is -0.338 e. The van der Waals surface area contributed by atoms with Crippen molar-refractivity contribution < 1.29 is 4.79 Å². The zero-order chi connectivity index (χ0) is 18.2. The summed E-state index contributed by atoms with van der Waals surface area (Å²) in [5.74, 6) is 1.27. The van der Waals surface area contributed by atoms with E-state index in [1.54, 1.807) is 24.8 Å². The van der Waals surface area contributed by atoms with E-state index in [1.807, 2.05) is 29.2 Å². The van der Waals surface area contributed by atoms with E-state index in [4.69, 9.17) is 0 Å². The lowest BCUT2D eigenvalue weighted by molar-refractivity contribution is 0.0592. The third-order valence-electron chi connectivity index (χ3n) is 5.53. The van der Waals surface area contributed by atoms with Crippen LogP contribution in [0.2, 0.25) is 0 Å². The standard InChI is InChI=1S/C20H20N6O/c27-19(15-3-5-17-18(10-15)22-9-8-21-17)26-12-14-2-4-16(26)13-25(11-14)20-23-6-1-7-24-20/h1,3,5-10,14,16H,2,4,11-13H2. The van der Waals surface area contributed by atoms with Crippen LogP contribution < -0.4 is 4.90 Å². The van der Waals surface area contributed by atoms with Gasteiger partial charge in [0.25, 0.3) is 5.91 Å². The summed E-state index contributed by atoms with van der Waals surface area (Å²) in [5.41, 5.74) is 2.24. The summed E-state index contributed by atoms with van der Waals surface area (Å²) in [7, 11) is 0. The van der Waals surface area contributed by atoms with E-state index in [9.17, 15) is 4.79 Å². The monoisotopic (exact) mass is 360 g/mol. The molecule has 1 amide bonds. The maximum absolute atomic E-state index is 13.3. The molecule has 136 valence electrons. The Balaban J connectivity index is 1.42. The number of aromatic nitrogens is 4. The molecule has 0 saturated carbocycles. The molecule has 3 saturated heterocycles. The molecule has 2 aromatic heterocycles. The van der Waals surface area contributed by atoms with E-state index in [0.717, 1.165) is 49.5 Å². The van der Waals surface area contributed by atoms with Gasteiger partial charge in [-0.25, -0.2) is 9.97 Å². The topological polar surface area (TPSA) is 75.1 Å². The average Bonchev–Trinajstić information content (AvgIpc) is 3.06. The maximum atomic E-state index is 13.3. The van der Waals surface area contributed by atoms with Gasteiger partial charge in [-0.15, -0.1) is 0 Å². The van der Waals surface area contributed by atoms with Gasteiger partial charge < -0.3 is 9.80 Å².